The van der Waals surface area contributed by atoms with Crippen LogP contribution in [0.1, 0.15) is 42.7 Å². The number of H-pyrrole nitrogens is 1. The number of fused-ring (bicyclic) bond motifs is 1. The van der Waals surface area contributed by atoms with Gasteiger partial charge in [-0.15, -0.1) is 0 Å². The van der Waals surface area contributed by atoms with Crippen LogP contribution in [0.2, 0.25) is 5.02 Å². The highest BCUT2D eigenvalue weighted by Crippen LogP contribution is 2.51. The quantitative estimate of drug-likeness (QED) is 0.188. The third kappa shape index (κ3) is 4.50. The lowest BCUT2D eigenvalue weighted by Gasteiger charge is -2.15. The van der Waals surface area contributed by atoms with Crippen molar-refractivity contribution in [2.45, 2.75) is 38.2 Å². The number of rotatable bonds is 7. The Balaban J connectivity index is 1.24. The fraction of sp³-hybridized carbons (Fsp3) is 0.194. The normalized spacial score (nSPS) is 14.6. The molecule has 2 heterocycles. The zero-order chi connectivity index (χ0) is 28.0. The van der Waals surface area contributed by atoms with Gasteiger partial charge in [0, 0.05) is 27.2 Å². The lowest BCUT2D eigenvalue weighted by Crippen LogP contribution is -2.19. The summed E-state index contributed by atoms with van der Waals surface area (Å²) in [5.74, 6) is -0.388. The minimum Gasteiger partial charge on any atom is -0.481 e. The lowest BCUT2D eigenvalue weighted by molar-refractivity contribution is -0.140. The lowest BCUT2D eigenvalue weighted by atomic mass is 9.90. The van der Waals surface area contributed by atoms with E-state index in [4.69, 9.17) is 20.9 Å². The zero-order valence-corrected chi connectivity index (χ0v) is 22.6. The number of aromatic amines is 1. The maximum absolute atomic E-state index is 12.6. The fourth-order valence-corrected chi connectivity index (χ4v) is 5.52. The van der Waals surface area contributed by atoms with Crippen LogP contribution in [0.25, 0.3) is 33.4 Å². The summed E-state index contributed by atoms with van der Waals surface area (Å²) in [6.07, 6.45) is 1.49. The Morgan fingerprint density at radius 3 is 2.52 bits per heavy atom. The van der Waals surface area contributed by atoms with Crippen molar-refractivity contribution >= 4 is 40.3 Å². The number of ether oxygens (including phenoxy) is 1. The summed E-state index contributed by atoms with van der Waals surface area (Å²) in [6, 6.07) is 20.8. The van der Waals surface area contributed by atoms with Gasteiger partial charge >= 0.3 is 12.1 Å². The molecule has 5 aromatic rings. The molecule has 2 aromatic heterocycles. The van der Waals surface area contributed by atoms with Gasteiger partial charge < -0.3 is 19.4 Å². The molecule has 6 rings (SSSR count). The van der Waals surface area contributed by atoms with Crippen molar-refractivity contribution < 1.29 is 24.0 Å². The van der Waals surface area contributed by atoms with Crippen molar-refractivity contribution in [2.24, 2.45) is 0 Å². The van der Waals surface area contributed by atoms with Gasteiger partial charge in [0.2, 0.25) is 0 Å². The highest BCUT2D eigenvalue weighted by molar-refractivity contribution is 6.31. The Morgan fingerprint density at radius 2 is 1.82 bits per heavy atom. The van der Waals surface area contributed by atoms with E-state index in [1.807, 2.05) is 61.5 Å². The number of carboxylic acid groups (broad SMARTS) is 1. The smallest absolute Gasteiger partial charge is 0.412 e. The molecular weight excluding hydrogens is 530 g/mol. The Morgan fingerprint density at radius 1 is 1.10 bits per heavy atom. The van der Waals surface area contributed by atoms with Crippen LogP contribution in [0.4, 0.5) is 10.5 Å². The Labute approximate surface area is 234 Å². The van der Waals surface area contributed by atoms with Crippen LogP contribution in [-0.4, -0.2) is 27.3 Å². The van der Waals surface area contributed by atoms with E-state index in [1.165, 1.54) is 6.20 Å². The third-order valence-electron chi connectivity index (χ3n) is 7.50. The summed E-state index contributed by atoms with van der Waals surface area (Å²) in [7, 11) is 0. The molecule has 0 saturated heterocycles. The van der Waals surface area contributed by atoms with Crippen molar-refractivity contribution in [2.75, 3.05) is 5.32 Å². The zero-order valence-electron chi connectivity index (χ0n) is 21.8. The van der Waals surface area contributed by atoms with Crippen LogP contribution in [0.15, 0.2) is 77.4 Å². The number of aliphatic carboxylic acids is 1. The van der Waals surface area contributed by atoms with E-state index in [0.29, 0.717) is 34.9 Å². The first-order chi connectivity index (χ1) is 19.3. The van der Waals surface area contributed by atoms with Gasteiger partial charge in [0.05, 0.1) is 17.1 Å². The van der Waals surface area contributed by atoms with E-state index in [1.54, 1.807) is 19.1 Å². The summed E-state index contributed by atoms with van der Waals surface area (Å²) in [5.41, 5.74) is 5.61. The van der Waals surface area contributed by atoms with Gasteiger partial charge in [-0.3, -0.25) is 10.1 Å². The molecule has 1 aliphatic rings. The molecule has 1 amide bonds. The van der Waals surface area contributed by atoms with Gasteiger partial charge in [0.1, 0.15) is 11.8 Å². The number of aryl methyl sites for hydroxylation is 1. The van der Waals surface area contributed by atoms with Gasteiger partial charge in [-0.1, -0.05) is 71.4 Å². The monoisotopic (exact) mass is 555 g/mol. The first kappa shape index (κ1) is 25.7. The van der Waals surface area contributed by atoms with Gasteiger partial charge in [-0.25, -0.2) is 4.79 Å². The van der Waals surface area contributed by atoms with Gasteiger partial charge in [-0.05, 0) is 55.5 Å². The Hall–Kier alpha value is -4.56. The summed E-state index contributed by atoms with van der Waals surface area (Å²) >= 11 is 6.22. The number of nitrogens with one attached hydrogen (secondary N) is 2. The van der Waals surface area contributed by atoms with E-state index in [9.17, 15) is 14.7 Å². The maximum Gasteiger partial charge on any atom is 0.412 e. The minimum atomic E-state index is -0.806. The van der Waals surface area contributed by atoms with Crippen LogP contribution in [0.3, 0.4) is 0 Å². The average Bonchev–Trinajstić information content (AvgIpc) is 3.46. The summed E-state index contributed by atoms with van der Waals surface area (Å²) < 4.78 is 11.0. The molecule has 202 valence electrons. The number of carbonyl (C=O) groups excluding carboxylic acids is 1. The number of hydrogen-bond donors (Lipinski definition) is 3. The second kappa shape index (κ2) is 9.88. The Bertz CT molecular complexity index is 1750. The van der Waals surface area contributed by atoms with E-state index in [0.717, 1.165) is 38.9 Å². The molecule has 3 N–H and O–H groups in total. The van der Waals surface area contributed by atoms with E-state index in [-0.39, 0.29) is 0 Å². The molecular formula is C31H26ClN3O5. The number of benzene rings is 3. The van der Waals surface area contributed by atoms with E-state index in [2.05, 4.69) is 15.5 Å². The molecule has 1 unspecified atom stereocenters. The molecule has 40 heavy (non-hydrogen) atoms. The summed E-state index contributed by atoms with van der Waals surface area (Å²) in [6.45, 7) is 3.71. The summed E-state index contributed by atoms with van der Waals surface area (Å²) in [4.78, 5) is 28.0. The van der Waals surface area contributed by atoms with Crippen LogP contribution < -0.4 is 5.32 Å². The van der Waals surface area contributed by atoms with Crippen LogP contribution in [0.5, 0.6) is 0 Å². The fourth-order valence-electron chi connectivity index (χ4n) is 5.23. The second-order valence-corrected chi connectivity index (χ2v) is 10.5. The molecule has 0 aliphatic heterocycles. The van der Waals surface area contributed by atoms with Crippen molar-refractivity contribution in [1.29, 1.82) is 0 Å². The SMILES string of the molecule is Cc1cc2c(-c3ccc(-c4oncc4NC(=O)OC(C)c4ccccc4Cl)cc3)ccc(C3(C(=O)O)CC3)c2[nH]1. The number of anilines is 1. The number of carbonyl (C=O) groups is 2. The molecule has 8 nitrogen and oxygen atoms in total. The van der Waals surface area contributed by atoms with Crippen LogP contribution in [-0.2, 0) is 14.9 Å². The van der Waals surface area contributed by atoms with Gasteiger partial charge in [0.25, 0.3) is 0 Å². The van der Waals surface area contributed by atoms with E-state index < -0.39 is 23.6 Å². The molecule has 0 spiro atoms. The largest absolute Gasteiger partial charge is 0.481 e. The molecule has 0 bridgehead atoms. The minimum absolute atomic E-state index is 0.375. The third-order valence-corrected chi connectivity index (χ3v) is 7.84. The molecule has 3 aromatic carbocycles. The number of amides is 1. The predicted molar refractivity (Wildman–Crippen MR) is 152 cm³/mol. The molecule has 1 saturated carbocycles. The molecule has 1 atom stereocenters. The highest BCUT2D eigenvalue weighted by atomic mass is 35.5. The molecule has 0 radical (unpaired) electrons. The van der Waals surface area contributed by atoms with Crippen molar-refractivity contribution in [3.63, 3.8) is 0 Å². The Kier molecular flexibility index (Phi) is 6.35. The number of carboxylic acids is 1. The first-order valence-electron chi connectivity index (χ1n) is 12.9. The highest BCUT2D eigenvalue weighted by Gasteiger charge is 2.52. The van der Waals surface area contributed by atoms with Crippen LogP contribution in [0, 0.1) is 6.92 Å². The number of hydrogen-bond acceptors (Lipinski definition) is 5. The average molecular weight is 556 g/mol. The molecule has 1 aliphatic carbocycles. The van der Waals surface area contributed by atoms with Gasteiger partial charge in [0.15, 0.2) is 5.76 Å². The topological polar surface area (TPSA) is 117 Å². The number of halogens is 1. The second-order valence-electron chi connectivity index (χ2n) is 10.1. The van der Waals surface area contributed by atoms with Crippen LogP contribution >= 0.6 is 11.6 Å². The summed E-state index contributed by atoms with van der Waals surface area (Å²) in [5, 5.41) is 17.9. The van der Waals surface area contributed by atoms with Gasteiger partial charge in [-0.2, -0.15) is 0 Å². The van der Waals surface area contributed by atoms with Crippen molar-refractivity contribution in [1.82, 2.24) is 10.1 Å². The molecule has 9 heteroatoms. The maximum atomic E-state index is 12.6. The van der Waals surface area contributed by atoms with Crippen molar-refractivity contribution in [3.05, 3.63) is 94.8 Å². The number of aromatic nitrogens is 2. The van der Waals surface area contributed by atoms with Crippen molar-refractivity contribution in [3.8, 4) is 22.5 Å². The first-order valence-corrected chi connectivity index (χ1v) is 13.3. The molecule has 1 fully saturated rings. The van der Waals surface area contributed by atoms with E-state index >= 15 is 0 Å². The number of nitrogens with zero attached hydrogens (tertiary/aromatic N) is 1. The predicted octanol–water partition coefficient (Wildman–Crippen LogP) is 7.88. The standard InChI is InChI=1S/C31H26ClN3O5/c1-17-15-23-22(11-12-24(27(23)34-17)31(13-14-31)29(36)37)19-7-9-20(10-8-19)28-26(16-33-40-28)35-30(38)39-18(2)21-5-3-4-6-25(21)32/h3-12,15-16,18,34H,13-14H2,1-2H3,(H,35,38)(H,36,37).